The lowest BCUT2D eigenvalue weighted by molar-refractivity contribution is 0.0927. The maximum atomic E-state index is 12.9. The van der Waals surface area contributed by atoms with E-state index >= 15 is 0 Å². The SMILES string of the molecule is COc1cccc2cc(C(C)NC(=O)c3cc(S(=O)(=O)N4CCCCC4)cn3C)oc12. The maximum absolute atomic E-state index is 12.9. The highest BCUT2D eigenvalue weighted by atomic mass is 32.2. The number of nitrogens with one attached hydrogen (secondary N) is 1. The van der Waals surface area contributed by atoms with Crippen molar-refractivity contribution in [2.24, 2.45) is 7.05 Å². The number of ether oxygens (including phenoxy) is 1. The summed E-state index contributed by atoms with van der Waals surface area (Å²) in [4.78, 5) is 13.0. The van der Waals surface area contributed by atoms with E-state index < -0.39 is 16.1 Å². The number of fused-ring (bicyclic) bond motifs is 1. The highest BCUT2D eigenvalue weighted by Gasteiger charge is 2.29. The largest absolute Gasteiger partial charge is 0.493 e. The predicted octanol–water partition coefficient (Wildman–Crippen LogP) is 3.45. The summed E-state index contributed by atoms with van der Waals surface area (Å²) in [6.45, 7) is 2.85. The minimum Gasteiger partial charge on any atom is -0.493 e. The summed E-state index contributed by atoms with van der Waals surface area (Å²) < 4.78 is 40.1. The summed E-state index contributed by atoms with van der Waals surface area (Å²) >= 11 is 0. The molecule has 1 saturated heterocycles. The molecule has 166 valence electrons. The van der Waals surface area contributed by atoms with Crippen molar-refractivity contribution in [3.63, 3.8) is 0 Å². The van der Waals surface area contributed by atoms with Gasteiger partial charge in [0.1, 0.15) is 16.3 Å². The van der Waals surface area contributed by atoms with Crippen LogP contribution in [0.3, 0.4) is 0 Å². The average Bonchev–Trinajstić information content (AvgIpc) is 3.38. The number of carbonyl (C=O) groups is 1. The third-order valence-electron chi connectivity index (χ3n) is 5.69. The van der Waals surface area contributed by atoms with Crippen LogP contribution in [-0.4, -0.2) is 43.4 Å². The number of hydrogen-bond acceptors (Lipinski definition) is 5. The summed E-state index contributed by atoms with van der Waals surface area (Å²) in [5, 5.41) is 3.77. The lowest BCUT2D eigenvalue weighted by atomic mass is 10.2. The van der Waals surface area contributed by atoms with Gasteiger partial charge in [0.2, 0.25) is 10.0 Å². The molecule has 3 heterocycles. The number of nitrogens with zero attached hydrogens (tertiary/aromatic N) is 2. The molecule has 31 heavy (non-hydrogen) atoms. The first-order valence-electron chi connectivity index (χ1n) is 10.3. The van der Waals surface area contributed by atoms with Gasteiger partial charge in [-0.05, 0) is 38.0 Å². The van der Waals surface area contributed by atoms with E-state index in [0.717, 1.165) is 24.6 Å². The van der Waals surface area contributed by atoms with E-state index in [9.17, 15) is 13.2 Å². The number of amides is 1. The standard InChI is InChI=1S/C22H27N3O5S/c1-15(20-12-16-8-7-9-19(29-3)21(16)30-20)23-22(26)18-13-17(14-24(18)2)31(27,28)25-10-5-4-6-11-25/h7-9,12-15H,4-6,10-11H2,1-3H3,(H,23,26). The smallest absolute Gasteiger partial charge is 0.268 e. The van der Waals surface area contributed by atoms with Crippen LogP contribution in [-0.2, 0) is 17.1 Å². The average molecular weight is 446 g/mol. The molecule has 1 N–H and O–H groups in total. The van der Waals surface area contributed by atoms with Gasteiger partial charge in [0, 0.05) is 31.7 Å². The second-order valence-electron chi connectivity index (χ2n) is 7.86. The Balaban J connectivity index is 1.54. The van der Waals surface area contributed by atoms with Crippen LogP contribution in [0.1, 0.15) is 48.5 Å². The topological polar surface area (TPSA) is 93.8 Å². The van der Waals surface area contributed by atoms with Crippen LogP contribution in [0.4, 0.5) is 0 Å². The van der Waals surface area contributed by atoms with Gasteiger partial charge in [-0.15, -0.1) is 0 Å². The summed E-state index contributed by atoms with van der Waals surface area (Å²) in [6, 6.07) is 8.48. The Morgan fingerprint density at radius 2 is 1.94 bits per heavy atom. The van der Waals surface area contributed by atoms with Gasteiger partial charge in [-0.2, -0.15) is 4.31 Å². The van der Waals surface area contributed by atoms with Crippen molar-refractivity contribution < 1.29 is 22.4 Å². The zero-order valence-electron chi connectivity index (χ0n) is 17.9. The minimum atomic E-state index is -3.60. The van der Waals surface area contributed by atoms with Crippen LogP contribution in [0.2, 0.25) is 0 Å². The van der Waals surface area contributed by atoms with Gasteiger partial charge in [0.15, 0.2) is 11.3 Å². The molecule has 1 aromatic carbocycles. The fraction of sp³-hybridized carbons (Fsp3) is 0.409. The van der Waals surface area contributed by atoms with Crippen LogP contribution >= 0.6 is 0 Å². The molecule has 1 amide bonds. The van der Waals surface area contributed by atoms with Gasteiger partial charge in [0.05, 0.1) is 13.2 Å². The lowest BCUT2D eigenvalue weighted by Crippen LogP contribution is -2.35. The number of aromatic nitrogens is 1. The van der Waals surface area contributed by atoms with E-state index in [-0.39, 0.29) is 16.5 Å². The van der Waals surface area contributed by atoms with Crippen LogP contribution < -0.4 is 10.1 Å². The Labute approximate surface area is 181 Å². The van der Waals surface area contributed by atoms with E-state index in [0.29, 0.717) is 30.2 Å². The van der Waals surface area contributed by atoms with Crippen molar-refractivity contribution >= 4 is 26.9 Å². The molecule has 1 aliphatic heterocycles. The molecule has 1 atom stereocenters. The maximum Gasteiger partial charge on any atom is 0.268 e. The molecule has 9 heteroatoms. The number of sulfonamides is 1. The third-order valence-corrected chi connectivity index (χ3v) is 7.55. The van der Waals surface area contributed by atoms with Gasteiger partial charge in [-0.1, -0.05) is 18.6 Å². The molecule has 0 spiro atoms. The van der Waals surface area contributed by atoms with Crippen molar-refractivity contribution in [2.45, 2.75) is 37.1 Å². The van der Waals surface area contributed by atoms with Crippen molar-refractivity contribution in [3.05, 3.63) is 48.0 Å². The Kier molecular flexibility index (Phi) is 5.81. The number of para-hydroxylation sites is 1. The predicted molar refractivity (Wildman–Crippen MR) is 117 cm³/mol. The van der Waals surface area contributed by atoms with Gasteiger partial charge in [-0.25, -0.2) is 8.42 Å². The fourth-order valence-corrected chi connectivity index (χ4v) is 5.52. The van der Waals surface area contributed by atoms with Crippen molar-refractivity contribution in [2.75, 3.05) is 20.2 Å². The molecule has 0 radical (unpaired) electrons. The summed E-state index contributed by atoms with van der Waals surface area (Å²) in [5.41, 5.74) is 0.894. The van der Waals surface area contributed by atoms with Crippen LogP contribution in [0.25, 0.3) is 11.0 Å². The van der Waals surface area contributed by atoms with Crippen molar-refractivity contribution in [3.8, 4) is 5.75 Å². The number of benzene rings is 1. The number of rotatable bonds is 6. The Morgan fingerprint density at radius 3 is 2.65 bits per heavy atom. The first-order chi connectivity index (χ1) is 14.8. The van der Waals surface area contributed by atoms with Crippen LogP contribution in [0.5, 0.6) is 5.75 Å². The van der Waals surface area contributed by atoms with Crippen molar-refractivity contribution in [1.82, 2.24) is 14.2 Å². The molecule has 0 aliphatic carbocycles. The minimum absolute atomic E-state index is 0.142. The molecular weight excluding hydrogens is 418 g/mol. The van der Waals surface area contributed by atoms with Gasteiger partial charge in [-0.3, -0.25) is 4.79 Å². The highest BCUT2D eigenvalue weighted by Crippen LogP contribution is 2.31. The Hall–Kier alpha value is -2.78. The molecule has 0 saturated carbocycles. The monoisotopic (exact) mass is 445 g/mol. The molecule has 8 nitrogen and oxygen atoms in total. The zero-order valence-corrected chi connectivity index (χ0v) is 18.7. The van der Waals surface area contributed by atoms with E-state index in [1.807, 2.05) is 31.2 Å². The van der Waals surface area contributed by atoms with E-state index in [1.165, 1.54) is 16.6 Å². The normalized spacial score (nSPS) is 16.4. The summed E-state index contributed by atoms with van der Waals surface area (Å²) in [5.74, 6) is 0.836. The zero-order chi connectivity index (χ0) is 22.2. The second kappa shape index (κ2) is 8.39. The number of furan rings is 1. The number of hydrogen-bond donors (Lipinski definition) is 1. The first kappa shape index (κ1) is 21.5. The highest BCUT2D eigenvalue weighted by molar-refractivity contribution is 7.89. The van der Waals surface area contributed by atoms with Crippen molar-refractivity contribution in [1.29, 1.82) is 0 Å². The van der Waals surface area contributed by atoms with E-state index in [1.54, 1.807) is 18.7 Å². The molecule has 1 fully saturated rings. The number of aryl methyl sites for hydroxylation is 1. The Morgan fingerprint density at radius 1 is 1.19 bits per heavy atom. The lowest BCUT2D eigenvalue weighted by Gasteiger charge is -2.25. The molecule has 1 aliphatic rings. The quantitative estimate of drug-likeness (QED) is 0.627. The number of methoxy groups -OCH3 is 1. The number of piperidine rings is 1. The van der Waals surface area contributed by atoms with Gasteiger partial charge < -0.3 is 19.0 Å². The van der Waals surface area contributed by atoms with Crippen LogP contribution in [0.15, 0.2) is 45.8 Å². The molecule has 3 aromatic rings. The number of carbonyl (C=O) groups excluding carboxylic acids is 1. The van der Waals surface area contributed by atoms with E-state index in [2.05, 4.69) is 5.32 Å². The van der Waals surface area contributed by atoms with Crippen LogP contribution in [0, 0.1) is 0 Å². The fourth-order valence-electron chi connectivity index (χ4n) is 3.93. The summed E-state index contributed by atoms with van der Waals surface area (Å²) in [6.07, 6.45) is 4.26. The first-order valence-corrected chi connectivity index (χ1v) is 11.8. The van der Waals surface area contributed by atoms with E-state index in [4.69, 9.17) is 9.15 Å². The summed E-state index contributed by atoms with van der Waals surface area (Å²) in [7, 11) is -0.359. The molecular formula is C22H27N3O5S. The molecule has 2 aromatic heterocycles. The second-order valence-corrected chi connectivity index (χ2v) is 9.80. The third kappa shape index (κ3) is 4.07. The molecule has 4 rings (SSSR count). The molecule has 0 bridgehead atoms. The Bertz CT molecular complexity index is 1210. The van der Waals surface area contributed by atoms with Gasteiger partial charge in [0.25, 0.3) is 5.91 Å². The molecule has 1 unspecified atom stereocenters. The van der Waals surface area contributed by atoms with Gasteiger partial charge >= 0.3 is 0 Å².